The summed E-state index contributed by atoms with van der Waals surface area (Å²) in [6, 6.07) is 0. The van der Waals surface area contributed by atoms with Crippen LogP contribution in [0.1, 0.15) is 54.4 Å². The van der Waals surface area contributed by atoms with E-state index in [-0.39, 0.29) is 13.3 Å². The van der Waals surface area contributed by atoms with Gasteiger partial charge >= 0.3 is 0 Å². The molecule has 1 aliphatic heterocycles. The molecule has 0 unspecified atom stereocenters. The molecule has 0 aromatic carbocycles. The average Bonchev–Trinajstić information content (AvgIpc) is 3.01. The Morgan fingerprint density at radius 2 is 1.62 bits per heavy atom. The normalized spacial score (nSPS) is 32.6. The lowest BCUT2D eigenvalue weighted by Gasteiger charge is -2.27. The molecule has 0 bridgehead atoms. The maximum absolute atomic E-state index is 5.98. The van der Waals surface area contributed by atoms with Gasteiger partial charge in [-0.05, 0) is 52.2 Å². The standard InChI is InChI=1S/C14H23OP/c1-7-8-13-15-16(13)14(6)11(4)9(2)10(3)12(14)5/h13H,7-8H2,1-6H3/t13-,16+/m0/s1. The van der Waals surface area contributed by atoms with Gasteiger partial charge < -0.3 is 4.52 Å². The summed E-state index contributed by atoms with van der Waals surface area (Å²) in [5.41, 5.74) is 6.08. The molecule has 2 atom stereocenters. The van der Waals surface area contributed by atoms with Crippen LogP contribution < -0.4 is 0 Å². The van der Waals surface area contributed by atoms with E-state index in [9.17, 15) is 0 Å². The van der Waals surface area contributed by atoms with E-state index in [1.54, 1.807) is 11.1 Å². The summed E-state index contributed by atoms with van der Waals surface area (Å²) in [6.07, 6.45) is 2.48. The Morgan fingerprint density at radius 3 is 2.06 bits per heavy atom. The van der Waals surface area contributed by atoms with Crippen LogP contribution in [-0.2, 0) is 4.52 Å². The van der Waals surface area contributed by atoms with Crippen molar-refractivity contribution in [1.82, 2.24) is 0 Å². The summed E-state index contributed by atoms with van der Waals surface area (Å²) in [5.74, 6) is 0.564. The molecule has 2 rings (SSSR count). The van der Waals surface area contributed by atoms with Crippen molar-refractivity contribution in [3.05, 3.63) is 22.3 Å². The monoisotopic (exact) mass is 238 g/mol. The van der Waals surface area contributed by atoms with Crippen molar-refractivity contribution < 1.29 is 4.52 Å². The van der Waals surface area contributed by atoms with Gasteiger partial charge in [0, 0.05) is 0 Å². The molecule has 1 fully saturated rings. The third-order valence-electron chi connectivity index (χ3n) is 4.58. The van der Waals surface area contributed by atoms with E-state index in [0.29, 0.717) is 5.85 Å². The topological polar surface area (TPSA) is 12.5 Å². The van der Waals surface area contributed by atoms with Crippen LogP contribution in [-0.4, -0.2) is 11.0 Å². The van der Waals surface area contributed by atoms with Gasteiger partial charge in [-0.2, -0.15) is 0 Å². The first kappa shape index (κ1) is 12.3. The fourth-order valence-corrected chi connectivity index (χ4v) is 5.55. The van der Waals surface area contributed by atoms with Gasteiger partial charge in [0.2, 0.25) is 0 Å². The van der Waals surface area contributed by atoms with Gasteiger partial charge in [-0.3, -0.25) is 0 Å². The Bertz CT molecular complexity index is 354. The molecular weight excluding hydrogens is 215 g/mol. The lowest BCUT2D eigenvalue weighted by atomic mass is 9.98. The molecule has 0 radical (unpaired) electrons. The predicted molar refractivity (Wildman–Crippen MR) is 71.9 cm³/mol. The van der Waals surface area contributed by atoms with Crippen LogP contribution in [0.5, 0.6) is 0 Å². The highest BCUT2D eigenvalue weighted by Gasteiger charge is 2.55. The molecule has 90 valence electrons. The van der Waals surface area contributed by atoms with E-state index in [1.165, 1.54) is 24.0 Å². The van der Waals surface area contributed by atoms with Crippen LogP contribution >= 0.6 is 8.15 Å². The summed E-state index contributed by atoms with van der Waals surface area (Å²) < 4.78 is 5.98. The molecule has 0 amide bonds. The first-order chi connectivity index (χ1) is 7.44. The average molecular weight is 238 g/mol. The molecule has 0 N–H and O–H groups in total. The van der Waals surface area contributed by atoms with E-state index in [2.05, 4.69) is 41.5 Å². The van der Waals surface area contributed by atoms with Crippen LogP contribution in [0.2, 0.25) is 0 Å². The summed E-state index contributed by atoms with van der Waals surface area (Å²) in [6.45, 7) is 13.7. The summed E-state index contributed by atoms with van der Waals surface area (Å²) >= 11 is 0. The minimum absolute atomic E-state index is 0.239. The quantitative estimate of drug-likeness (QED) is 0.498. The van der Waals surface area contributed by atoms with E-state index in [4.69, 9.17) is 4.52 Å². The third kappa shape index (κ3) is 1.52. The van der Waals surface area contributed by atoms with Crippen molar-refractivity contribution in [3.63, 3.8) is 0 Å². The second-order valence-electron chi connectivity index (χ2n) is 5.25. The minimum atomic E-state index is -0.251. The highest BCUT2D eigenvalue weighted by molar-refractivity contribution is 7.61. The van der Waals surface area contributed by atoms with E-state index >= 15 is 0 Å². The predicted octanol–water partition coefficient (Wildman–Crippen LogP) is 4.98. The molecule has 1 nitrogen and oxygen atoms in total. The minimum Gasteiger partial charge on any atom is -0.345 e. The molecule has 2 aliphatic rings. The van der Waals surface area contributed by atoms with Gasteiger partial charge in [0.05, 0.1) is 13.3 Å². The maximum atomic E-state index is 5.98. The molecule has 0 aromatic heterocycles. The molecule has 16 heavy (non-hydrogen) atoms. The SMILES string of the molecule is CCC[C@H]1O[P@@]1C1(C)C(C)=C(C)C(C)=C1C. The van der Waals surface area contributed by atoms with Crippen LogP contribution in [0, 0.1) is 0 Å². The number of hydrogen-bond donors (Lipinski definition) is 0. The number of hydrogen-bond acceptors (Lipinski definition) is 1. The van der Waals surface area contributed by atoms with Gasteiger partial charge in [0.25, 0.3) is 0 Å². The highest BCUT2D eigenvalue weighted by atomic mass is 31.2. The highest BCUT2D eigenvalue weighted by Crippen LogP contribution is 2.76. The smallest absolute Gasteiger partial charge is 0.107 e. The lowest BCUT2D eigenvalue weighted by molar-refractivity contribution is 0.433. The molecule has 1 heterocycles. The molecule has 1 saturated heterocycles. The fraction of sp³-hybridized carbons (Fsp3) is 0.714. The van der Waals surface area contributed by atoms with Gasteiger partial charge in [-0.1, -0.05) is 24.5 Å². The molecule has 0 saturated carbocycles. The number of allylic oxidation sites excluding steroid dienone is 4. The van der Waals surface area contributed by atoms with E-state index in [0.717, 1.165) is 0 Å². The van der Waals surface area contributed by atoms with E-state index in [1.807, 2.05) is 0 Å². The lowest BCUT2D eigenvalue weighted by Crippen LogP contribution is -2.20. The second-order valence-corrected chi connectivity index (χ2v) is 7.58. The Kier molecular flexibility index (Phi) is 3.05. The first-order valence-corrected chi connectivity index (χ1v) is 7.59. The first-order valence-electron chi connectivity index (χ1n) is 6.27. The summed E-state index contributed by atoms with van der Waals surface area (Å²) in [4.78, 5) is 0. The third-order valence-corrected chi connectivity index (χ3v) is 7.29. The van der Waals surface area contributed by atoms with Crippen molar-refractivity contribution in [1.29, 1.82) is 0 Å². The van der Waals surface area contributed by atoms with Gasteiger partial charge in [0.15, 0.2) is 0 Å². The van der Waals surface area contributed by atoms with Crippen molar-refractivity contribution in [2.45, 2.75) is 65.4 Å². The molecular formula is C14H23OP. The zero-order chi connectivity index (χ0) is 12.1. The van der Waals surface area contributed by atoms with Crippen molar-refractivity contribution in [2.75, 3.05) is 0 Å². The summed E-state index contributed by atoms with van der Waals surface area (Å²) in [5, 5.41) is 0.239. The van der Waals surface area contributed by atoms with Gasteiger partial charge in [0.1, 0.15) is 5.85 Å². The Balaban J connectivity index is 2.28. The van der Waals surface area contributed by atoms with E-state index < -0.39 is 0 Å². The Labute approximate surface area is 101 Å². The van der Waals surface area contributed by atoms with Crippen LogP contribution in [0.4, 0.5) is 0 Å². The summed E-state index contributed by atoms with van der Waals surface area (Å²) in [7, 11) is -0.251. The number of rotatable bonds is 3. The van der Waals surface area contributed by atoms with Crippen LogP contribution in [0.25, 0.3) is 0 Å². The van der Waals surface area contributed by atoms with Crippen LogP contribution in [0.3, 0.4) is 0 Å². The van der Waals surface area contributed by atoms with Crippen molar-refractivity contribution in [2.24, 2.45) is 0 Å². The Morgan fingerprint density at radius 1 is 1.12 bits per heavy atom. The second kappa shape index (κ2) is 3.96. The zero-order valence-corrected chi connectivity index (χ0v) is 12.2. The Hall–Kier alpha value is -0.130. The molecule has 0 spiro atoms. The molecule has 2 heteroatoms. The largest absolute Gasteiger partial charge is 0.345 e. The van der Waals surface area contributed by atoms with Gasteiger partial charge in [-0.25, -0.2) is 0 Å². The van der Waals surface area contributed by atoms with Gasteiger partial charge in [-0.15, -0.1) is 0 Å². The molecule has 1 aliphatic carbocycles. The van der Waals surface area contributed by atoms with Crippen LogP contribution in [0.15, 0.2) is 22.3 Å². The fourth-order valence-electron chi connectivity index (χ4n) is 2.82. The van der Waals surface area contributed by atoms with Crippen molar-refractivity contribution >= 4 is 8.15 Å². The maximum Gasteiger partial charge on any atom is 0.107 e. The zero-order valence-electron chi connectivity index (χ0n) is 11.3. The molecule has 0 aromatic rings. The van der Waals surface area contributed by atoms with Crippen molar-refractivity contribution in [3.8, 4) is 0 Å².